The topological polar surface area (TPSA) is 90.0 Å². The Morgan fingerprint density at radius 1 is 1.00 bits per heavy atom. The van der Waals surface area contributed by atoms with E-state index in [0.29, 0.717) is 23.0 Å². The molecule has 1 aromatic heterocycles. The van der Waals surface area contributed by atoms with Gasteiger partial charge in [-0.05, 0) is 43.6 Å². The second-order valence-electron chi connectivity index (χ2n) is 5.65. The van der Waals surface area contributed by atoms with Crippen LogP contribution in [-0.2, 0) is 0 Å². The molecule has 1 aliphatic rings. The van der Waals surface area contributed by atoms with Crippen molar-refractivity contribution in [2.45, 2.75) is 19.3 Å². The Morgan fingerprint density at radius 3 is 2.44 bits per heavy atom. The Kier molecular flexibility index (Phi) is 5.78. The average molecular weight is 358 g/mol. The minimum absolute atomic E-state index is 0.409. The van der Waals surface area contributed by atoms with Crippen molar-refractivity contribution in [3.63, 3.8) is 0 Å². The summed E-state index contributed by atoms with van der Waals surface area (Å²) < 4.78 is 0. The Balaban J connectivity index is 1.83. The number of hydrogen-bond donors (Lipinski definition) is 4. The molecule has 1 saturated heterocycles. The number of piperidine rings is 1. The lowest BCUT2D eigenvalue weighted by atomic mass is 10.1. The highest BCUT2D eigenvalue weighted by molar-refractivity contribution is 7.80. The number of anilines is 4. The summed E-state index contributed by atoms with van der Waals surface area (Å²) in [4.78, 5) is 15.7. The highest BCUT2D eigenvalue weighted by Crippen LogP contribution is 2.20. The summed E-state index contributed by atoms with van der Waals surface area (Å²) in [6.45, 7) is 1.91. The zero-order valence-electron chi connectivity index (χ0n) is 14.1. The van der Waals surface area contributed by atoms with E-state index < -0.39 is 0 Å². The number of thiocarbonyl (C=S) groups is 1. The quantitative estimate of drug-likeness (QED) is 0.473. The van der Waals surface area contributed by atoms with Crippen LogP contribution in [0.25, 0.3) is 0 Å². The van der Waals surface area contributed by atoms with Crippen molar-refractivity contribution < 1.29 is 0 Å². The molecular formula is C16H22N8S. The second-order valence-corrected chi connectivity index (χ2v) is 6.06. The molecule has 1 aliphatic heterocycles. The van der Waals surface area contributed by atoms with Gasteiger partial charge in [-0.15, -0.1) is 0 Å². The lowest BCUT2D eigenvalue weighted by molar-refractivity contribution is 0.568. The van der Waals surface area contributed by atoms with Gasteiger partial charge in [0.05, 0.1) is 0 Å². The first kappa shape index (κ1) is 17.2. The van der Waals surface area contributed by atoms with Crippen LogP contribution in [-0.4, -0.2) is 40.2 Å². The van der Waals surface area contributed by atoms with E-state index in [1.54, 1.807) is 7.05 Å². The first-order chi connectivity index (χ1) is 12.2. The van der Waals surface area contributed by atoms with Crippen molar-refractivity contribution in [3.8, 4) is 0 Å². The Bertz CT molecular complexity index is 703. The molecule has 2 heterocycles. The highest BCUT2D eigenvalue weighted by atomic mass is 32.1. The molecule has 0 unspecified atom stereocenters. The fourth-order valence-electron chi connectivity index (χ4n) is 2.54. The number of nitrogens with one attached hydrogen (secondary N) is 4. The van der Waals surface area contributed by atoms with Crippen LogP contribution in [0.5, 0.6) is 0 Å². The maximum Gasteiger partial charge on any atom is 0.248 e. The maximum absolute atomic E-state index is 5.07. The summed E-state index contributed by atoms with van der Waals surface area (Å²) in [5.41, 5.74) is 6.68. The first-order valence-electron chi connectivity index (χ1n) is 8.31. The highest BCUT2D eigenvalue weighted by Gasteiger charge is 2.16. The third-order valence-corrected chi connectivity index (χ3v) is 4.11. The molecule has 25 heavy (non-hydrogen) atoms. The Morgan fingerprint density at radius 2 is 1.72 bits per heavy atom. The molecule has 8 nitrogen and oxygen atoms in total. The minimum atomic E-state index is 0.409. The molecule has 0 spiro atoms. The monoisotopic (exact) mass is 358 g/mol. The van der Waals surface area contributed by atoms with Crippen molar-refractivity contribution in [1.29, 1.82) is 0 Å². The molecule has 4 N–H and O–H groups in total. The third kappa shape index (κ3) is 4.90. The maximum atomic E-state index is 5.07. The molecule has 0 amide bonds. The number of benzene rings is 1. The van der Waals surface area contributed by atoms with Crippen LogP contribution in [0.1, 0.15) is 19.3 Å². The largest absolute Gasteiger partial charge is 0.364 e. The van der Waals surface area contributed by atoms with Crippen LogP contribution >= 0.6 is 12.2 Å². The summed E-state index contributed by atoms with van der Waals surface area (Å²) in [7, 11) is 1.74. The van der Waals surface area contributed by atoms with Gasteiger partial charge in [-0.2, -0.15) is 15.0 Å². The first-order valence-corrected chi connectivity index (χ1v) is 8.72. The molecule has 9 heteroatoms. The van der Waals surface area contributed by atoms with Crippen LogP contribution in [0.4, 0.5) is 23.5 Å². The molecule has 0 atom stereocenters. The molecule has 132 valence electrons. The van der Waals surface area contributed by atoms with Crippen LogP contribution in [0.3, 0.4) is 0 Å². The van der Waals surface area contributed by atoms with E-state index in [9.17, 15) is 0 Å². The predicted molar refractivity (Wildman–Crippen MR) is 104 cm³/mol. The molecule has 1 fully saturated rings. The average Bonchev–Trinajstić information content (AvgIpc) is 2.67. The SMILES string of the molecule is CNC(=S)NNc1nc(Nc2ccccc2)nc(N2CCCCC2)n1. The van der Waals surface area contributed by atoms with Gasteiger partial charge < -0.3 is 15.5 Å². The van der Waals surface area contributed by atoms with Crippen molar-refractivity contribution in [3.05, 3.63) is 30.3 Å². The van der Waals surface area contributed by atoms with Crippen molar-refractivity contribution in [1.82, 2.24) is 25.7 Å². The van der Waals surface area contributed by atoms with Crippen LogP contribution < -0.4 is 26.4 Å². The summed E-state index contributed by atoms with van der Waals surface area (Å²) >= 11 is 5.07. The van der Waals surface area contributed by atoms with Crippen LogP contribution in [0.15, 0.2) is 30.3 Å². The summed E-state index contributed by atoms with van der Waals surface area (Å²) in [5.74, 6) is 1.56. The van der Waals surface area contributed by atoms with E-state index in [1.165, 1.54) is 6.42 Å². The standard InChI is InChI=1S/C16H22N8S/c1-17-16(25)23-22-14-19-13(18-12-8-4-2-5-9-12)20-15(21-14)24-10-6-3-7-11-24/h2,4-5,8-9H,3,6-7,10-11H2,1H3,(H2,17,23,25)(H2,18,19,20,21,22). The molecule has 3 rings (SSSR count). The molecule has 0 aliphatic carbocycles. The Labute approximate surface area is 152 Å². The zero-order chi connectivity index (χ0) is 17.5. The number of rotatable bonds is 5. The lowest BCUT2D eigenvalue weighted by Crippen LogP contribution is -2.37. The number of aromatic nitrogens is 3. The van der Waals surface area contributed by atoms with E-state index in [2.05, 4.69) is 41.3 Å². The van der Waals surface area contributed by atoms with E-state index in [0.717, 1.165) is 31.6 Å². The molecule has 0 radical (unpaired) electrons. The summed E-state index contributed by atoms with van der Waals surface area (Å²) in [6.07, 6.45) is 3.55. The van der Waals surface area contributed by atoms with Gasteiger partial charge >= 0.3 is 0 Å². The number of para-hydroxylation sites is 1. The minimum Gasteiger partial charge on any atom is -0.364 e. The van der Waals surface area contributed by atoms with Crippen LogP contribution in [0, 0.1) is 0 Å². The molecule has 0 saturated carbocycles. The second kappa shape index (κ2) is 8.43. The van der Waals surface area contributed by atoms with Gasteiger partial charge in [0.2, 0.25) is 17.8 Å². The van der Waals surface area contributed by atoms with E-state index in [4.69, 9.17) is 12.2 Å². The van der Waals surface area contributed by atoms with Gasteiger partial charge in [-0.1, -0.05) is 18.2 Å². The molecular weight excluding hydrogens is 336 g/mol. The van der Waals surface area contributed by atoms with Crippen molar-refractivity contribution in [2.24, 2.45) is 0 Å². The van der Waals surface area contributed by atoms with Gasteiger partial charge in [0.1, 0.15) is 0 Å². The molecule has 2 aromatic rings. The number of nitrogens with zero attached hydrogens (tertiary/aromatic N) is 4. The third-order valence-electron chi connectivity index (χ3n) is 3.81. The number of hydrogen-bond acceptors (Lipinski definition) is 7. The van der Waals surface area contributed by atoms with Gasteiger partial charge in [-0.25, -0.2) is 0 Å². The van der Waals surface area contributed by atoms with Gasteiger partial charge in [0, 0.05) is 25.8 Å². The van der Waals surface area contributed by atoms with Crippen LogP contribution in [0.2, 0.25) is 0 Å². The van der Waals surface area contributed by atoms with Gasteiger partial charge in [0.15, 0.2) is 5.11 Å². The number of hydrazine groups is 1. The summed E-state index contributed by atoms with van der Waals surface area (Å²) in [5, 5.41) is 6.50. The van der Waals surface area contributed by atoms with Crippen molar-refractivity contribution >= 4 is 40.9 Å². The fourth-order valence-corrected chi connectivity index (χ4v) is 2.59. The zero-order valence-corrected chi connectivity index (χ0v) is 14.9. The van der Waals surface area contributed by atoms with Gasteiger partial charge in [-0.3, -0.25) is 10.9 Å². The van der Waals surface area contributed by atoms with E-state index in [-0.39, 0.29) is 0 Å². The van der Waals surface area contributed by atoms with Gasteiger partial charge in [0.25, 0.3) is 0 Å². The predicted octanol–water partition coefficient (Wildman–Crippen LogP) is 2.03. The smallest absolute Gasteiger partial charge is 0.248 e. The molecule has 0 bridgehead atoms. The van der Waals surface area contributed by atoms with E-state index in [1.807, 2.05) is 30.3 Å². The fraction of sp³-hybridized carbons (Fsp3) is 0.375. The lowest BCUT2D eigenvalue weighted by Gasteiger charge is -2.27. The Hall–Kier alpha value is -2.68. The normalized spacial score (nSPS) is 13.9. The summed E-state index contributed by atoms with van der Waals surface area (Å²) in [6, 6.07) is 9.81. The van der Waals surface area contributed by atoms with Crippen molar-refractivity contribution in [2.75, 3.05) is 35.8 Å². The molecule has 1 aromatic carbocycles. The van der Waals surface area contributed by atoms with E-state index >= 15 is 0 Å².